The Balaban J connectivity index is -0.000000480. The molecular formula is C8H12CaO3S. The molecule has 1 aromatic carbocycles. The van der Waals surface area contributed by atoms with Crippen LogP contribution in [0.2, 0.25) is 0 Å². The first-order valence-corrected chi connectivity index (χ1v) is 4.90. The molecule has 0 amide bonds. The maximum absolute atomic E-state index is 10.8. The predicted octanol–water partition coefficient (Wildman–Crippen LogP) is 1.39. The summed E-state index contributed by atoms with van der Waals surface area (Å²) in [5.41, 5.74) is 1.45. The van der Waals surface area contributed by atoms with Crippen LogP contribution < -0.4 is 0 Å². The summed E-state index contributed by atoms with van der Waals surface area (Å²) in [6.07, 6.45) is 0. The maximum Gasteiger partial charge on any atom is 2.00 e. The molecule has 70 valence electrons. The van der Waals surface area contributed by atoms with Gasteiger partial charge in [0.2, 0.25) is 0 Å². The van der Waals surface area contributed by atoms with Crippen molar-refractivity contribution in [3.8, 4) is 0 Å². The molecule has 0 atom stereocenters. The largest absolute Gasteiger partial charge is 2.00 e. The fraction of sp³-hybridized carbons (Fsp3) is 0.250. The Kier molecular flexibility index (Phi) is 4.90. The van der Waals surface area contributed by atoms with Gasteiger partial charge in [-0.3, -0.25) is 4.55 Å². The van der Waals surface area contributed by atoms with Crippen molar-refractivity contribution in [2.45, 2.75) is 18.7 Å². The Morgan fingerprint density at radius 1 is 1.31 bits per heavy atom. The van der Waals surface area contributed by atoms with Gasteiger partial charge < -0.3 is 2.85 Å². The standard InChI is InChI=1S/C8H10O3S.Ca.2H/c1-6-4-3-5-8(7(6)2)12(9,10)11;;;/h3-5H,1-2H3,(H,9,10,11);;;/q;+2;2*-1. The fourth-order valence-corrected chi connectivity index (χ4v) is 1.80. The van der Waals surface area contributed by atoms with Crippen molar-refractivity contribution in [1.82, 2.24) is 0 Å². The van der Waals surface area contributed by atoms with E-state index in [1.165, 1.54) is 6.07 Å². The number of benzene rings is 1. The van der Waals surface area contributed by atoms with E-state index in [0.29, 0.717) is 5.56 Å². The van der Waals surface area contributed by atoms with Crippen LogP contribution in [0.5, 0.6) is 0 Å². The first kappa shape index (κ1) is 13.4. The van der Waals surface area contributed by atoms with Crippen molar-refractivity contribution in [2.75, 3.05) is 0 Å². The molecule has 1 rings (SSSR count). The molecule has 0 spiro atoms. The monoisotopic (exact) mass is 228 g/mol. The molecular weight excluding hydrogens is 216 g/mol. The minimum Gasteiger partial charge on any atom is -1.00 e. The minimum absolute atomic E-state index is 0. The Labute approximate surface area is 111 Å². The summed E-state index contributed by atoms with van der Waals surface area (Å²) < 4.78 is 30.3. The predicted molar refractivity (Wildman–Crippen MR) is 53.7 cm³/mol. The Bertz CT molecular complexity index is 406. The van der Waals surface area contributed by atoms with Crippen LogP contribution in [0.25, 0.3) is 0 Å². The van der Waals surface area contributed by atoms with Crippen LogP contribution in [0.15, 0.2) is 23.1 Å². The van der Waals surface area contributed by atoms with Crippen LogP contribution in [-0.4, -0.2) is 50.7 Å². The van der Waals surface area contributed by atoms with Crippen LogP contribution in [-0.2, 0) is 10.1 Å². The van der Waals surface area contributed by atoms with Crippen molar-refractivity contribution in [3.05, 3.63) is 29.3 Å². The number of hydrogen-bond acceptors (Lipinski definition) is 2. The molecule has 13 heavy (non-hydrogen) atoms. The summed E-state index contributed by atoms with van der Waals surface area (Å²) in [4.78, 5) is -0.0116. The van der Waals surface area contributed by atoms with Crippen LogP contribution in [0.1, 0.15) is 14.0 Å². The quantitative estimate of drug-likeness (QED) is 0.584. The molecule has 0 saturated carbocycles. The zero-order valence-electron chi connectivity index (χ0n) is 9.61. The third-order valence-corrected chi connectivity index (χ3v) is 2.83. The second kappa shape index (κ2) is 4.75. The van der Waals surface area contributed by atoms with E-state index >= 15 is 0 Å². The smallest absolute Gasteiger partial charge is 1.00 e. The van der Waals surface area contributed by atoms with E-state index in [9.17, 15) is 8.42 Å². The second-order valence-corrected chi connectivity index (χ2v) is 4.06. The fourth-order valence-electron chi connectivity index (χ4n) is 1.00. The van der Waals surface area contributed by atoms with Gasteiger partial charge in [-0.25, -0.2) is 0 Å². The first-order valence-electron chi connectivity index (χ1n) is 3.46. The first-order chi connectivity index (χ1) is 5.43. The summed E-state index contributed by atoms with van der Waals surface area (Å²) in [5, 5.41) is 0. The molecule has 1 aromatic rings. The van der Waals surface area contributed by atoms with Crippen LogP contribution in [0, 0.1) is 13.8 Å². The normalized spacial score (nSPS) is 10.7. The molecule has 0 fully saturated rings. The molecule has 0 unspecified atom stereocenters. The van der Waals surface area contributed by atoms with Gasteiger partial charge in [-0.1, -0.05) is 12.1 Å². The Morgan fingerprint density at radius 2 is 1.85 bits per heavy atom. The zero-order valence-corrected chi connectivity index (χ0v) is 10.6. The molecule has 5 heteroatoms. The van der Waals surface area contributed by atoms with Crippen molar-refractivity contribution in [1.29, 1.82) is 0 Å². The van der Waals surface area contributed by atoms with Gasteiger partial charge in [0, 0.05) is 0 Å². The van der Waals surface area contributed by atoms with Crippen molar-refractivity contribution in [3.63, 3.8) is 0 Å². The van der Waals surface area contributed by atoms with Gasteiger partial charge in [0.25, 0.3) is 10.1 Å². The summed E-state index contributed by atoms with van der Waals surface area (Å²) in [6, 6.07) is 4.78. The van der Waals surface area contributed by atoms with Gasteiger partial charge in [0.15, 0.2) is 0 Å². The molecule has 0 aliphatic rings. The molecule has 0 radical (unpaired) electrons. The molecule has 0 heterocycles. The third kappa shape index (κ3) is 3.22. The molecule has 0 saturated heterocycles. The molecule has 0 bridgehead atoms. The Hall–Kier alpha value is 0.390. The third-order valence-electron chi connectivity index (χ3n) is 1.83. The van der Waals surface area contributed by atoms with Gasteiger partial charge >= 0.3 is 37.7 Å². The van der Waals surface area contributed by atoms with Crippen molar-refractivity contribution in [2.24, 2.45) is 0 Å². The number of aryl methyl sites for hydroxylation is 1. The molecule has 1 N–H and O–H groups in total. The SMILES string of the molecule is Cc1cccc(S(=O)(=O)O)c1C.[Ca+2].[H-].[H-]. The average molecular weight is 228 g/mol. The van der Waals surface area contributed by atoms with Gasteiger partial charge in [-0.15, -0.1) is 0 Å². The maximum atomic E-state index is 10.8. The van der Waals surface area contributed by atoms with Gasteiger partial charge in [0.1, 0.15) is 0 Å². The van der Waals surface area contributed by atoms with Crippen molar-refractivity contribution >= 4 is 47.9 Å². The molecule has 0 aliphatic heterocycles. The average Bonchev–Trinajstić information content (AvgIpc) is 1.92. The molecule has 3 nitrogen and oxygen atoms in total. The second-order valence-electron chi connectivity index (χ2n) is 2.67. The van der Waals surface area contributed by atoms with E-state index in [-0.39, 0.29) is 45.5 Å². The summed E-state index contributed by atoms with van der Waals surface area (Å²) in [5.74, 6) is 0. The summed E-state index contributed by atoms with van der Waals surface area (Å²) in [7, 11) is -4.06. The minimum atomic E-state index is -4.06. The van der Waals surface area contributed by atoms with Crippen molar-refractivity contribution < 1.29 is 15.8 Å². The van der Waals surface area contributed by atoms with E-state index in [2.05, 4.69) is 0 Å². The van der Waals surface area contributed by atoms with Gasteiger partial charge in [0.05, 0.1) is 4.90 Å². The number of rotatable bonds is 1. The van der Waals surface area contributed by atoms with E-state index in [0.717, 1.165) is 5.56 Å². The topological polar surface area (TPSA) is 54.4 Å². The van der Waals surface area contributed by atoms with Gasteiger partial charge in [-0.05, 0) is 31.0 Å². The van der Waals surface area contributed by atoms with E-state index < -0.39 is 10.1 Å². The van der Waals surface area contributed by atoms with E-state index in [1.54, 1.807) is 26.0 Å². The summed E-state index contributed by atoms with van der Waals surface area (Å²) in [6.45, 7) is 3.46. The summed E-state index contributed by atoms with van der Waals surface area (Å²) >= 11 is 0. The van der Waals surface area contributed by atoms with E-state index in [4.69, 9.17) is 4.55 Å². The van der Waals surface area contributed by atoms with Crippen LogP contribution in [0.3, 0.4) is 0 Å². The number of hydrogen-bond donors (Lipinski definition) is 1. The zero-order chi connectivity index (χ0) is 9.35. The van der Waals surface area contributed by atoms with E-state index in [1.807, 2.05) is 0 Å². The van der Waals surface area contributed by atoms with Crippen LogP contribution >= 0.6 is 0 Å². The molecule has 0 aromatic heterocycles. The molecule has 0 aliphatic carbocycles. The van der Waals surface area contributed by atoms with Crippen LogP contribution in [0.4, 0.5) is 0 Å². The van der Waals surface area contributed by atoms with Gasteiger partial charge in [-0.2, -0.15) is 8.42 Å². The Morgan fingerprint density at radius 3 is 2.23 bits per heavy atom.